The van der Waals surface area contributed by atoms with Crippen LogP contribution in [-0.4, -0.2) is 69.6 Å². The Kier molecular flexibility index (Phi) is 8.72. The number of aromatic nitrogens is 4. The van der Waals surface area contributed by atoms with Gasteiger partial charge in [0.25, 0.3) is 11.5 Å². The van der Waals surface area contributed by atoms with E-state index in [9.17, 15) is 9.59 Å². The second-order valence-corrected chi connectivity index (χ2v) is 10.8. The van der Waals surface area contributed by atoms with Crippen LogP contribution in [0.2, 0.25) is 0 Å². The topological polar surface area (TPSA) is 130 Å². The number of hydrogen-bond acceptors (Lipinski definition) is 8. The van der Waals surface area contributed by atoms with Crippen LogP contribution >= 0.6 is 0 Å². The minimum Gasteiger partial charge on any atom is -0.492 e. The van der Waals surface area contributed by atoms with E-state index in [-0.39, 0.29) is 16.9 Å². The molecule has 230 valence electrons. The maximum absolute atomic E-state index is 13.2. The number of nitrogens with one attached hydrogen (secondary N) is 1. The van der Waals surface area contributed by atoms with Gasteiger partial charge in [-0.2, -0.15) is 0 Å². The van der Waals surface area contributed by atoms with Crippen LogP contribution in [0.1, 0.15) is 16.1 Å². The Morgan fingerprint density at radius 1 is 1.00 bits per heavy atom. The van der Waals surface area contributed by atoms with Gasteiger partial charge in [-0.15, -0.1) is 0 Å². The summed E-state index contributed by atoms with van der Waals surface area (Å²) in [5.41, 5.74) is 10.5. The first kappa shape index (κ1) is 29.8. The molecule has 0 saturated carbocycles. The van der Waals surface area contributed by atoms with Crippen molar-refractivity contribution in [2.75, 3.05) is 50.5 Å². The van der Waals surface area contributed by atoms with Gasteiger partial charge in [0.15, 0.2) is 0 Å². The molecule has 1 aliphatic heterocycles. The fourth-order valence-electron chi connectivity index (χ4n) is 5.35. The van der Waals surface area contributed by atoms with Gasteiger partial charge in [0, 0.05) is 43.5 Å². The largest absolute Gasteiger partial charge is 0.492 e. The fraction of sp³-hybridized carbons (Fsp3) is 0.235. The Bertz CT molecular complexity index is 1860. The van der Waals surface area contributed by atoms with Gasteiger partial charge in [-0.1, -0.05) is 42.5 Å². The number of rotatable bonds is 9. The Hall–Kier alpha value is -5.26. The lowest BCUT2D eigenvalue weighted by Gasteiger charge is -2.26. The number of nitrogens with zero attached hydrogens (tertiary/aromatic N) is 5. The zero-order valence-electron chi connectivity index (χ0n) is 25.3. The Morgan fingerprint density at radius 2 is 1.76 bits per heavy atom. The molecule has 3 heterocycles. The van der Waals surface area contributed by atoms with E-state index in [1.807, 2.05) is 66.7 Å². The van der Waals surface area contributed by atoms with Gasteiger partial charge >= 0.3 is 0 Å². The van der Waals surface area contributed by atoms with E-state index in [1.165, 1.54) is 4.68 Å². The number of carbonyl (C=O) groups excluding carboxylic acids is 1. The fourth-order valence-corrected chi connectivity index (χ4v) is 5.35. The van der Waals surface area contributed by atoms with E-state index in [0.717, 1.165) is 49.7 Å². The van der Waals surface area contributed by atoms with Crippen molar-refractivity contribution in [3.63, 3.8) is 0 Å². The molecule has 5 aromatic rings. The van der Waals surface area contributed by atoms with E-state index in [0.29, 0.717) is 35.1 Å². The van der Waals surface area contributed by atoms with E-state index in [4.69, 9.17) is 20.2 Å². The summed E-state index contributed by atoms with van der Waals surface area (Å²) in [6, 6.07) is 24.1. The number of para-hydroxylation sites is 1. The number of anilines is 2. The minimum atomic E-state index is -0.483. The third-order valence-corrected chi connectivity index (χ3v) is 7.91. The summed E-state index contributed by atoms with van der Waals surface area (Å²) in [7, 11) is 1.75. The number of ether oxygens (including phenoxy) is 2. The van der Waals surface area contributed by atoms with Crippen LogP contribution in [0, 0.1) is 6.92 Å². The minimum absolute atomic E-state index is 0.0838. The third-order valence-electron chi connectivity index (χ3n) is 7.91. The summed E-state index contributed by atoms with van der Waals surface area (Å²) in [5.74, 6) is 0.559. The standard InChI is InChI=1S/C34H35N7O4/c1-23-30(34(43)41(39(23)2)27-8-4-3-5-9-27)33(42)37-26-13-11-24(12-14-26)31-32(35)36-22-29(38-31)25-7-6-10-28(21-25)45-20-17-40-15-18-44-19-16-40/h3-14,21-22H,15-20H2,1-2H3,(H2,35,36)(H,37,42). The molecule has 2 aromatic heterocycles. The first-order chi connectivity index (χ1) is 21.9. The molecule has 3 aromatic carbocycles. The van der Waals surface area contributed by atoms with Gasteiger partial charge in [-0.3, -0.25) is 19.2 Å². The third kappa shape index (κ3) is 6.49. The summed E-state index contributed by atoms with van der Waals surface area (Å²) in [5, 5.41) is 2.85. The smallest absolute Gasteiger partial charge is 0.284 e. The number of carbonyl (C=O) groups is 1. The van der Waals surface area contributed by atoms with E-state index in [1.54, 1.807) is 37.0 Å². The molecule has 3 N–H and O–H groups in total. The van der Waals surface area contributed by atoms with Gasteiger partial charge in [0.05, 0.1) is 36.5 Å². The van der Waals surface area contributed by atoms with Crippen LogP contribution in [-0.2, 0) is 11.8 Å². The van der Waals surface area contributed by atoms with E-state index < -0.39 is 5.91 Å². The van der Waals surface area contributed by atoms with Crippen molar-refractivity contribution in [3.8, 4) is 34.0 Å². The predicted octanol–water partition coefficient (Wildman–Crippen LogP) is 4.15. The van der Waals surface area contributed by atoms with Gasteiger partial charge in [0.1, 0.15) is 29.4 Å². The number of amides is 1. The first-order valence-electron chi connectivity index (χ1n) is 14.8. The highest BCUT2D eigenvalue weighted by atomic mass is 16.5. The Labute approximate surface area is 260 Å². The van der Waals surface area contributed by atoms with Gasteiger partial charge in [0.2, 0.25) is 0 Å². The Morgan fingerprint density at radius 3 is 2.51 bits per heavy atom. The maximum Gasteiger partial charge on any atom is 0.284 e. The zero-order chi connectivity index (χ0) is 31.3. The molecule has 6 rings (SSSR count). The van der Waals surface area contributed by atoms with Crippen molar-refractivity contribution in [2.45, 2.75) is 6.92 Å². The maximum atomic E-state index is 13.2. The van der Waals surface area contributed by atoms with E-state index in [2.05, 4.69) is 15.2 Å². The van der Waals surface area contributed by atoms with E-state index >= 15 is 0 Å². The normalized spacial score (nSPS) is 13.5. The molecule has 0 unspecified atom stereocenters. The molecule has 0 bridgehead atoms. The molecule has 0 radical (unpaired) electrons. The summed E-state index contributed by atoms with van der Waals surface area (Å²) in [4.78, 5) is 38.0. The first-order valence-corrected chi connectivity index (χ1v) is 14.8. The van der Waals surface area contributed by atoms with Crippen LogP contribution < -0.4 is 21.3 Å². The average Bonchev–Trinajstić information content (AvgIpc) is 3.29. The molecule has 0 atom stereocenters. The lowest BCUT2D eigenvalue weighted by Crippen LogP contribution is -2.38. The summed E-state index contributed by atoms with van der Waals surface area (Å²) < 4.78 is 14.6. The molecule has 1 aliphatic rings. The van der Waals surface area contributed by atoms with Crippen molar-refractivity contribution >= 4 is 17.4 Å². The molecule has 11 nitrogen and oxygen atoms in total. The van der Waals surface area contributed by atoms with Crippen LogP contribution in [0.4, 0.5) is 11.5 Å². The molecule has 11 heteroatoms. The van der Waals surface area contributed by atoms with Crippen molar-refractivity contribution < 1.29 is 14.3 Å². The second kappa shape index (κ2) is 13.2. The van der Waals surface area contributed by atoms with Crippen molar-refractivity contribution in [1.82, 2.24) is 24.2 Å². The number of nitrogens with two attached hydrogens (primary N) is 1. The van der Waals surface area contributed by atoms with Crippen LogP contribution in [0.25, 0.3) is 28.2 Å². The summed E-state index contributed by atoms with van der Waals surface area (Å²) in [6.45, 7) is 6.53. The molecule has 0 spiro atoms. The highest BCUT2D eigenvalue weighted by Crippen LogP contribution is 2.29. The number of nitrogen functional groups attached to an aromatic ring is 1. The molecule has 0 aliphatic carbocycles. The monoisotopic (exact) mass is 605 g/mol. The summed E-state index contributed by atoms with van der Waals surface area (Å²) >= 11 is 0. The second-order valence-electron chi connectivity index (χ2n) is 10.8. The van der Waals surface area contributed by atoms with Crippen molar-refractivity contribution in [2.24, 2.45) is 7.05 Å². The van der Waals surface area contributed by atoms with Crippen LogP contribution in [0.15, 0.2) is 89.9 Å². The average molecular weight is 606 g/mol. The zero-order valence-corrected chi connectivity index (χ0v) is 25.3. The van der Waals surface area contributed by atoms with Crippen molar-refractivity contribution in [1.29, 1.82) is 0 Å². The number of morpholine rings is 1. The quantitative estimate of drug-likeness (QED) is 0.256. The molecular weight excluding hydrogens is 570 g/mol. The van der Waals surface area contributed by atoms with Gasteiger partial charge < -0.3 is 20.5 Å². The number of benzene rings is 3. The molecule has 1 fully saturated rings. The highest BCUT2D eigenvalue weighted by molar-refractivity contribution is 6.05. The highest BCUT2D eigenvalue weighted by Gasteiger charge is 2.22. The number of hydrogen-bond donors (Lipinski definition) is 2. The lowest BCUT2D eigenvalue weighted by molar-refractivity contribution is 0.0322. The van der Waals surface area contributed by atoms with Gasteiger partial charge in [-0.25, -0.2) is 14.6 Å². The molecule has 1 saturated heterocycles. The molecular formula is C34H35N7O4. The lowest BCUT2D eigenvalue weighted by atomic mass is 10.1. The molecule has 45 heavy (non-hydrogen) atoms. The SMILES string of the molecule is Cc1c(C(=O)Nc2ccc(-c3nc(-c4cccc(OCCN5CCOCC5)c4)cnc3N)cc2)c(=O)n(-c2ccccc2)n1C. The van der Waals surface area contributed by atoms with Gasteiger partial charge in [-0.05, 0) is 43.3 Å². The summed E-state index contributed by atoms with van der Waals surface area (Å²) in [6.07, 6.45) is 1.64. The van der Waals surface area contributed by atoms with Crippen LogP contribution in [0.5, 0.6) is 5.75 Å². The Balaban J connectivity index is 1.16. The molecule has 1 amide bonds. The predicted molar refractivity (Wildman–Crippen MR) is 174 cm³/mol. The van der Waals surface area contributed by atoms with Crippen LogP contribution in [0.3, 0.4) is 0 Å². The van der Waals surface area contributed by atoms with Crippen molar-refractivity contribution in [3.05, 3.63) is 107 Å².